The zero-order valence-electron chi connectivity index (χ0n) is 16.1. The molecule has 0 aliphatic carbocycles. The third-order valence-electron chi connectivity index (χ3n) is 4.75. The summed E-state index contributed by atoms with van der Waals surface area (Å²) in [6.45, 7) is 4.22. The van der Waals surface area contributed by atoms with Gasteiger partial charge in [-0.1, -0.05) is 38.4 Å². The number of nitrogens with one attached hydrogen (secondary N) is 1. The minimum atomic E-state index is -3.20. The lowest BCUT2D eigenvalue weighted by Crippen LogP contribution is -2.51. The van der Waals surface area contributed by atoms with E-state index in [0.29, 0.717) is 10.6 Å². The molecule has 0 unspecified atom stereocenters. The number of nitrogens with two attached hydrogens (primary N) is 1. The second-order valence-corrected chi connectivity index (χ2v) is 8.58. The summed E-state index contributed by atoms with van der Waals surface area (Å²) in [6.07, 6.45) is -2.28. The van der Waals surface area contributed by atoms with Crippen molar-refractivity contribution in [3.05, 3.63) is 34.3 Å². The molecule has 28 heavy (non-hydrogen) atoms. The second kappa shape index (κ2) is 8.31. The van der Waals surface area contributed by atoms with E-state index in [0.717, 1.165) is 10.5 Å². The lowest BCUT2D eigenvalue weighted by molar-refractivity contribution is -0.150. The van der Waals surface area contributed by atoms with Gasteiger partial charge >= 0.3 is 0 Å². The molecule has 1 aromatic rings. The molecule has 1 fully saturated rings. The van der Waals surface area contributed by atoms with Gasteiger partial charge < -0.3 is 21.1 Å². The van der Waals surface area contributed by atoms with E-state index in [-0.39, 0.29) is 13.1 Å². The van der Waals surface area contributed by atoms with E-state index in [1.807, 2.05) is 0 Å². The Morgan fingerprint density at radius 2 is 2.04 bits per heavy atom. The first-order valence-corrected chi connectivity index (χ1v) is 9.35. The Morgan fingerprint density at radius 3 is 2.61 bits per heavy atom. The summed E-state index contributed by atoms with van der Waals surface area (Å²) >= 11 is 5.96. The molecule has 156 valence electrons. The number of aliphatic hydroxyl groups excluding tert-OH is 1. The number of hydrogen-bond donors (Lipinski definition) is 3. The van der Waals surface area contributed by atoms with E-state index < -0.39 is 48.3 Å². The highest BCUT2D eigenvalue weighted by Crippen LogP contribution is 2.34. The summed E-state index contributed by atoms with van der Waals surface area (Å²) in [7, 11) is 0. The Morgan fingerprint density at radius 1 is 1.39 bits per heavy atom. The minimum Gasteiger partial charge on any atom is -0.383 e. The van der Waals surface area contributed by atoms with E-state index in [9.17, 15) is 23.5 Å². The van der Waals surface area contributed by atoms with Gasteiger partial charge in [0.25, 0.3) is 11.8 Å². The highest BCUT2D eigenvalue weighted by atomic mass is 35.5. The predicted octanol–water partition coefficient (Wildman–Crippen LogP) is 2.06. The van der Waals surface area contributed by atoms with Crippen molar-refractivity contribution in [2.24, 2.45) is 11.1 Å². The van der Waals surface area contributed by atoms with Gasteiger partial charge in [0.2, 0.25) is 5.91 Å². The van der Waals surface area contributed by atoms with Gasteiger partial charge in [0.05, 0.1) is 6.54 Å². The van der Waals surface area contributed by atoms with Gasteiger partial charge in [-0.05, 0) is 28.7 Å². The molecule has 2 amide bonds. The van der Waals surface area contributed by atoms with Crippen LogP contribution >= 0.6 is 11.6 Å². The van der Waals surface area contributed by atoms with Gasteiger partial charge in [0.15, 0.2) is 0 Å². The summed E-state index contributed by atoms with van der Waals surface area (Å²) in [6, 6.07) is 3.67. The lowest BCUT2D eigenvalue weighted by Gasteiger charge is -2.31. The number of hydrogen-bond acceptors (Lipinski definition) is 4. The molecular formula is C19H26ClF2N3O3. The Hall–Kier alpha value is -1.77. The predicted molar refractivity (Wildman–Crippen MR) is 102 cm³/mol. The molecule has 1 aliphatic rings. The minimum absolute atomic E-state index is 0.0395. The molecule has 4 N–H and O–H groups in total. The third kappa shape index (κ3) is 5.18. The molecule has 0 spiro atoms. The van der Waals surface area contributed by atoms with Crippen LogP contribution in [0.15, 0.2) is 18.2 Å². The molecule has 2 rings (SSSR count). The lowest BCUT2D eigenvalue weighted by atomic mass is 9.88. The van der Waals surface area contributed by atoms with Gasteiger partial charge in [-0.25, -0.2) is 8.78 Å². The van der Waals surface area contributed by atoms with Crippen LogP contribution in [0.25, 0.3) is 0 Å². The number of halogens is 3. The van der Waals surface area contributed by atoms with Crippen LogP contribution in [0.3, 0.4) is 0 Å². The molecule has 6 nitrogen and oxygen atoms in total. The van der Waals surface area contributed by atoms with Crippen molar-refractivity contribution in [1.82, 2.24) is 10.2 Å². The van der Waals surface area contributed by atoms with Gasteiger partial charge in [0.1, 0.15) is 12.1 Å². The average Bonchev–Trinajstić information content (AvgIpc) is 2.93. The van der Waals surface area contributed by atoms with Gasteiger partial charge in [-0.2, -0.15) is 0 Å². The number of benzene rings is 1. The number of alkyl halides is 2. The van der Waals surface area contributed by atoms with Crippen LogP contribution in [0.2, 0.25) is 5.02 Å². The van der Waals surface area contributed by atoms with E-state index in [1.165, 1.54) is 0 Å². The summed E-state index contributed by atoms with van der Waals surface area (Å²) in [5, 5.41) is 13.2. The largest absolute Gasteiger partial charge is 0.383 e. The second-order valence-electron chi connectivity index (χ2n) is 8.15. The first-order valence-electron chi connectivity index (χ1n) is 8.97. The average molecular weight is 418 g/mol. The van der Waals surface area contributed by atoms with E-state index in [1.54, 1.807) is 39.0 Å². The van der Waals surface area contributed by atoms with Crippen LogP contribution in [-0.2, 0) is 22.7 Å². The monoisotopic (exact) mass is 417 g/mol. The fourth-order valence-corrected chi connectivity index (χ4v) is 3.26. The van der Waals surface area contributed by atoms with E-state index in [4.69, 9.17) is 17.3 Å². The number of likely N-dealkylation sites (tertiary alicyclic amines) is 1. The molecule has 0 bridgehead atoms. The SMILES string of the molecule is CC(C)(C)[C@@H](O)C(=O)N1CC(F)(F)C[C@H]1C(=O)NCc1cc(Cl)ccc1CN. The number of amides is 2. The first-order chi connectivity index (χ1) is 12.9. The zero-order chi connectivity index (χ0) is 21.3. The Bertz CT molecular complexity index is 752. The molecule has 0 radical (unpaired) electrons. The van der Waals surface area contributed by atoms with Crippen molar-refractivity contribution in [1.29, 1.82) is 0 Å². The van der Waals surface area contributed by atoms with Gasteiger partial charge in [-0.15, -0.1) is 0 Å². The maximum Gasteiger partial charge on any atom is 0.267 e. The van der Waals surface area contributed by atoms with Crippen molar-refractivity contribution < 1.29 is 23.5 Å². The fourth-order valence-electron chi connectivity index (χ4n) is 3.07. The molecule has 1 saturated heterocycles. The first kappa shape index (κ1) is 22.5. The summed E-state index contributed by atoms with van der Waals surface area (Å²) in [5.74, 6) is -4.79. The molecule has 2 atom stereocenters. The smallest absolute Gasteiger partial charge is 0.267 e. The Kier molecular flexibility index (Phi) is 6.68. The summed E-state index contributed by atoms with van der Waals surface area (Å²) < 4.78 is 27.9. The van der Waals surface area contributed by atoms with E-state index >= 15 is 0 Å². The number of aliphatic hydroxyl groups is 1. The number of rotatable bonds is 5. The third-order valence-corrected chi connectivity index (χ3v) is 4.99. The number of carbonyl (C=O) groups is 2. The van der Waals surface area contributed by atoms with Crippen molar-refractivity contribution in [2.75, 3.05) is 6.54 Å². The fraction of sp³-hybridized carbons (Fsp3) is 0.579. The summed E-state index contributed by atoms with van der Waals surface area (Å²) in [5.41, 5.74) is 6.25. The molecule has 1 heterocycles. The van der Waals surface area contributed by atoms with Crippen molar-refractivity contribution in [3.8, 4) is 0 Å². The van der Waals surface area contributed by atoms with Gasteiger partial charge in [-0.3, -0.25) is 9.59 Å². The van der Waals surface area contributed by atoms with Crippen LogP contribution in [-0.4, -0.2) is 46.4 Å². The normalized spacial score (nSPS) is 20.1. The molecule has 1 aromatic carbocycles. The molecule has 0 aromatic heterocycles. The van der Waals surface area contributed by atoms with Crippen LogP contribution in [0.5, 0.6) is 0 Å². The highest BCUT2D eigenvalue weighted by molar-refractivity contribution is 6.30. The zero-order valence-corrected chi connectivity index (χ0v) is 16.9. The molecule has 0 saturated carbocycles. The maximum absolute atomic E-state index is 14.0. The van der Waals surface area contributed by atoms with Crippen molar-refractivity contribution >= 4 is 23.4 Å². The van der Waals surface area contributed by atoms with Crippen LogP contribution in [0.4, 0.5) is 8.78 Å². The Labute approximate surface area is 168 Å². The standard InChI is InChI=1S/C19H26ClF2N3O3/c1-18(2,3)15(26)17(28)25-10-19(21,22)7-14(25)16(27)24-9-12-6-13(20)5-4-11(12)8-23/h4-6,14-15,26H,7-10,23H2,1-3H3,(H,24,27)/t14-,15-/m0/s1. The number of nitrogens with zero attached hydrogens (tertiary/aromatic N) is 1. The van der Waals surface area contributed by atoms with Crippen LogP contribution in [0, 0.1) is 5.41 Å². The molecule has 9 heteroatoms. The highest BCUT2D eigenvalue weighted by Gasteiger charge is 2.51. The number of carbonyl (C=O) groups excluding carboxylic acids is 2. The Balaban J connectivity index is 2.16. The van der Waals surface area contributed by atoms with Crippen molar-refractivity contribution in [3.63, 3.8) is 0 Å². The topological polar surface area (TPSA) is 95.7 Å². The maximum atomic E-state index is 14.0. The van der Waals surface area contributed by atoms with Gasteiger partial charge in [0, 0.05) is 24.5 Å². The quantitative estimate of drug-likeness (QED) is 0.683. The molecule has 1 aliphatic heterocycles. The van der Waals surface area contributed by atoms with Crippen LogP contribution in [0.1, 0.15) is 38.3 Å². The van der Waals surface area contributed by atoms with Crippen LogP contribution < -0.4 is 11.1 Å². The van der Waals surface area contributed by atoms with Crippen molar-refractivity contribution in [2.45, 2.75) is 58.3 Å². The summed E-state index contributed by atoms with van der Waals surface area (Å²) in [4.78, 5) is 25.9. The van der Waals surface area contributed by atoms with E-state index in [2.05, 4.69) is 5.32 Å². The molecular weight excluding hydrogens is 392 g/mol.